The lowest BCUT2D eigenvalue weighted by Crippen LogP contribution is -2.49. The van der Waals surface area contributed by atoms with Gasteiger partial charge in [-0.1, -0.05) is 25.7 Å². The number of carbonyl (C=O) groups is 1. The standard InChI is InChI=1S/C22H35N5O/c1-18-23-20(25-11-5-2-6-12-25)17-21(24-18)26-13-15-27(16-14-26)22(28)10-9-19-7-3-4-8-19/h17,19H,2-16H2,1H3. The second-order valence-corrected chi connectivity index (χ2v) is 8.74. The van der Waals surface area contributed by atoms with Crippen LogP contribution in [0.25, 0.3) is 0 Å². The summed E-state index contributed by atoms with van der Waals surface area (Å²) < 4.78 is 0. The lowest BCUT2D eigenvalue weighted by molar-refractivity contribution is -0.131. The predicted octanol–water partition coefficient (Wildman–Crippen LogP) is 3.39. The fourth-order valence-corrected chi connectivity index (χ4v) is 4.95. The molecule has 6 heteroatoms. The van der Waals surface area contributed by atoms with Crippen LogP contribution in [-0.2, 0) is 4.79 Å². The van der Waals surface area contributed by atoms with E-state index in [0.717, 1.165) is 75.5 Å². The molecule has 0 radical (unpaired) electrons. The van der Waals surface area contributed by atoms with Crippen molar-refractivity contribution in [2.24, 2.45) is 5.92 Å². The average Bonchev–Trinajstić information content (AvgIpc) is 3.26. The van der Waals surface area contributed by atoms with Crippen LogP contribution in [0.3, 0.4) is 0 Å². The summed E-state index contributed by atoms with van der Waals surface area (Å²) in [5.41, 5.74) is 0. The molecule has 1 aromatic heterocycles. The van der Waals surface area contributed by atoms with Crippen molar-refractivity contribution < 1.29 is 4.79 Å². The summed E-state index contributed by atoms with van der Waals surface area (Å²) in [7, 11) is 0. The molecular weight excluding hydrogens is 350 g/mol. The molecule has 3 fully saturated rings. The van der Waals surface area contributed by atoms with Crippen LogP contribution in [0.1, 0.15) is 63.6 Å². The van der Waals surface area contributed by atoms with Gasteiger partial charge in [0.15, 0.2) is 0 Å². The molecule has 3 aliphatic rings. The van der Waals surface area contributed by atoms with Gasteiger partial charge in [-0.2, -0.15) is 0 Å². The molecule has 3 heterocycles. The number of nitrogens with zero attached hydrogens (tertiary/aromatic N) is 5. The summed E-state index contributed by atoms with van der Waals surface area (Å²) >= 11 is 0. The van der Waals surface area contributed by atoms with Gasteiger partial charge in [-0.3, -0.25) is 4.79 Å². The molecule has 0 unspecified atom stereocenters. The zero-order valence-electron chi connectivity index (χ0n) is 17.4. The van der Waals surface area contributed by atoms with Gasteiger partial charge in [-0.05, 0) is 38.5 Å². The van der Waals surface area contributed by atoms with Crippen LogP contribution in [0.2, 0.25) is 0 Å². The summed E-state index contributed by atoms with van der Waals surface area (Å²) in [6.45, 7) is 7.53. The number of anilines is 2. The number of carbonyl (C=O) groups excluding carboxylic acids is 1. The van der Waals surface area contributed by atoms with Crippen molar-refractivity contribution >= 4 is 17.5 Å². The Kier molecular flexibility index (Phi) is 6.33. The van der Waals surface area contributed by atoms with Crippen LogP contribution in [0.15, 0.2) is 6.07 Å². The molecule has 1 amide bonds. The highest BCUT2D eigenvalue weighted by molar-refractivity contribution is 5.76. The van der Waals surface area contributed by atoms with Gasteiger partial charge in [-0.15, -0.1) is 0 Å². The number of rotatable bonds is 5. The fourth-order valence-electron chi connectivity index (χ4n) is 4.95. The molecule has 0 aromatic carbocycles. The molecule has 0 spiro atoms. The second-order valence-electron chi connectivity index (χ2n) is 8.74. The van der Waals surface area contributed by atoms with E-state index in [1.54, 1.807) is 0 Å². The molecule has 4 rings (SSSR count). The number of hydrogen-bond donors (Lipinski definition) is 0. The van der Waals surface area contributed by atoms with E-state index in [1.807, 2.05) is 6.92 Å². The second kappa shape index (κ2) is 9.10. The highest BCUT2D eigenvalue weighted by Gasteiger charge is 2.24. The number of hydrogen-bond acceptors (Lipinski definition) is 5. The first-order valence-corrected chi connectivity index (χ1v) is 11.3. The van der Waals surface area contributed by atoms with Crippen LogP contribution in [0.4, 0.5) is 11.6 Å². The van der Waals surface area contributed by atoms with Gasteiger partial charge < -0.3 is 14.7 Å². The minimum Gasteiger partial charge on any atom is -0.356 e. The van der Waals surface area contributed by atoms with E-state index >= 15 is 0 Å². The van der Waals surface area contributed by atoms with Crippen molar-refractivity contribution in [3.05, 3.63) is 11.9 Å². The van der Waals surface area contributed by atoms with E-state index < -0.39 is 0 Å². The maximum atomic E-state index is 12.6. The highest BCUT2D eigenvalue weighted by atomic mass is 16.2. The van der Waals surface area contributed by atoms with Crippen LogP contribution in [0, 0.1) is 12.8 Å². The zero-order chi connectivity index (χ0) is 19.3. The summed E-state index contributed by atoms with van der Waals surface area (Å²) in [5, 5.41) is 0. The van der Waals surface area contributed by atoms with Crippen LogP contribution < -0.4 is 9.80 Å². The summed E-state index contributed by atoms with van der Waals surface area (Å²) in [5.74, 6) is 4.07. The number of aryl methyl sites for hydroxylation is 1. The monoisotopic (exact) mass is 385 g/mol. The quantitative estimate of drug-likeness (QED) is 0.778. The summed E-state index contributed by atoms with van der Waals surface area (Å²) in [4.78, 5) is 28.7. The molecule has 28 heavy (non-hydrogen) atoms. The zero-order valence-corrected chi connectivity index (χ0v) is 17.4. The van der Waals surface area contributed by atoms with Gasteiger partial charge in [0.1, 0.15) is 17.5 Å². The Morgan fingerprint density at radius 3 is 2.14 bits per heavy atom. The Labute approximate surface area is 169 Å². The molecule has 0 bridgehead atoms. The van der Waals surface area contributed by atoms with Crippen molar-refractivity contribution in [3.63, 3.8) is 0 Å². The third-order valence-electron chi connectivity index (χ3n) is 6.69. The lowest BCUT2D eigenvalue weighted by Gasteiger charge is -2.36. The van der Waals surface area contributed by atoms with E-state index in [4.69, 9.17) is 4.98 Å². The molecule has 1 aromatic rings. The Morgan fingerprint density at radius 2 is 1.50 bits per heavy atom. The Bertz CT molecular complexity index is 659. The minimum absolute atomic E-state index is 0.347. The first-order valence-electron chi connectivity index (χ1n) is 11.3. The van der Waals surface area contributed by atoms with Crippen molar-refractivity contribution in [2.45, 2.75) is 64.7 Å². The van der Waals surface area contributed by atoms with E-state index in [0.29, 0.717) is 5.91 Å². The molecular formula is C22H35N5O. The molecule has 2 saturated heterocycles. The van der Waals surface area contributed by atoms with Crippen molar-refractivity contribution in [2.75, 3.05) is 49.1 Å². The van der Waals surface area contributed by atoms with Crippen molar-refractivity contribution in [1.82, 2.24) is 14.9 Å². The van der Waals surface area contributed by atoms with E-state index in [1.165, 1.54) is 44.9 Å². The Balaban J connectivity index is 1.31. The predicted molar refractivity (Wildman–Crippen MR) is 113 cm³/mol. The number of amides is 1. The smallest absolute Gasteiger partial charge is 0.222 e. The van der Waals surface area contributed by atoms with Gasteiger partial charge in [-0.25, -0.2) is 9.97 Å². The normalized spacial score (nSPS) is 21.4. The third kappa shape index (κ3) is 4.76. The minimum atomic E-state index is 0.347. The number of piperazine rings is 1. The Hall–Kier alpha value is -1.85. The van der Waals surface area contributed by atoms with E-state index in [9.17, 15) is 4.79 Å². The van der Waals surface area contributed by atoms with Gasteiger partial charge in [0.2, 0.25) is 5.91 Å². The average molecular weight is 386 g/mol. The third-order valence-corrected chi connectivity index (χ3v) is 6.69. The first-order chi connectivity index (χ1) is 13.7. The van der Waals surface area contributed by atoms with Gasteiger partial charge in [0.25, 0.3) is 0 Å². The molecule has 6 nitrogen and oxygen atoms in total. The molecule has 1 saturated carbocycles. The highest BCUT2D eigenvalue weighted by Crippen LogP contribution is 2.29. The van der Waals surface area contributed by atoms with Crippen LogP contribution in [-0.4, -0.2) is 60.0 Å². The van der Waals surface area contributed by atoms with Gasteiger partial charge in [0, 0.05) is 51.8 Å². The molecule has 2 aliphatic heterocycles. The van der Waals surface area contributed by atoms with E-state index in [2.05, 4.69) is 25.8 Å². The molecule has 1 aliphatic carbocycles. The molecule has 0 N–H and O–H groups in total. The first kappa shape index (κ1) is 19.5. The number of aromatic nitrogens is 2. The molecule has 0 atom stereocenters. The van der Waals surface area contributed by atoms with Gasteiger partial charge in [0.05, 0.1) is 0 Å². The largest absolute Gasteiger partial charge is 0.356 e. The van der Waals surface area contributed by atoms with E-state index in [-0.39, 0.29) is 0 Å². The van der Waals surface area contributed by atoms with Crippen LogP contribution in [0.5, 0.6) is 0 Å². The van der Waals surface area contributed by atoms with Crippen molar-refractivity contribution in [3.8, 4) is 0 Å². The SMILES string of the molecule is Cc1nc(N2CCCCC2)cc(N2CCN(C(=O)CCC3CCCC3)CC2)n1. The number of piperidine rings is 1. The topological polar surface area (TPSA) is 52.6 Å². The fraction of sp³-hybridized carbons (Fsp3) is 0.773. The van der Waals surface area contributed by atoms with Crippen molar-refractivity contribution in [1.29, 1.82) is 0 Å². The summed E-state index contributed by atoms with van der Waals surface area (Å²) in [6.07, 6.45) is 11.0. The molecule has 154 valence electrons. The Morgan fingerprint density at radius 1 is 0.893 bits per heavy atom. The maximum Gasteiger partial charge on any atom is 0.222 e. The summed E-state index contributed by atoms with van der Waals surface area (Å²) in [6, 6.07) is 2.15. The maximum absolute atomic E-state index is 12.6. The van der Waals surface area contributed by atoms with Gasteiger partial charge >= 0.3 is 0 Å². The lowest BCUT2D eigenvalue weighted by atomic mass is 10.0. The van der Waals surface area contributed by atoms with Crippen LogP contribution >= 0.6 is 0 Å².